The highest BCUT2D eigenvalue weighted by molar-refractivity contribution is 6.10. The largest absolute Gasteiger partial charge is 0.497 e. The number of anilines is 1. The number of aliphatic hydroxyl groups is 1. The Bertz CT molecular complexity index is 908. The Kier molecular flexibility index (Phi) is 5.36. The molecule has 1 fully saturated rings. The molecule has 1 atom stereocenters. The fourth-order valence-corrected chi connectivity index (χ4v) is 3.87. The van der Waals surface area contributed by atoms with Gasteiger partial charge in [-0.1, -0.05) is 18.2 Å². The van der Waals surface area contributed by atoms with Gasteiger partial charge in [-0.05, 0) is 30.3 Å². The summed E-state index contributed by atoms with van der Waals surface area (Å²) in [5, 5.41) is 11.4. The number of para-hydroxylation sites is 1. The zero-order valence-corrected chi connectivity index (χ0v) is 16.3. The minimum atomic E-state index is -1.88. The molecule has 0 aliphatic carbocycles. The molecule has 0 spiro atoms. The van der Waals surface area contributed by atoms with Crippen molar-refractivity contribution in [2.24, 2.45) is 0 Å². The number of hydrogen-bond acceptors (Lipinski definition) is 6. The quantitative estimate of drug-likeness (QED) is 0.750. The van der Waals surface area contributed by atoms with E-state index in [0.717, 1.165) is 13.1 Å². The van der Waals surface area contributed by atoms with Crippen LogP contribution < -0.4 is 9.64 Å². The number of morpholine rings is 1. The van der Waals surface area contributed by atoms with Crippen LogP contribution in [0.4, 0.5) is 5.69 Å². The summed E-state index contributed by atoms with van der Waals surface area (Å²) in [6.45, 7) is 3.02. The number of nitrogens with zero attached hydrogens (tertiary/aromatic N) is 2. The lowest BCUT2D eigenvalue weighted by Crippen LogP contribution is -2.49. The van der Waals surface area contributed by atoms with Crippen LogP contribution in [-0.2, 0) is 15.1 Å². The zero-order valence-electron chi connectivity index (χ0n) is 16.3. The first-order valence-electron chi connectivity index (χ1n) is 9.64. The number of benzene rings is 2. The van der Waals surface area contributed by atoms with Crippen LogP contribution in [0.25, 0.3) is 0 Å². The molecule has 2 heterocycles. The summed E-state index contributed by atoms with van der Waals surface area (Å²) < 4.78 is 10.5. The van der Waals surface area contributed by atoms with E-state index < -0.39 is 11.5 Å². The molecule has 0 unspecified atom stereocenters. The number of fused-ring (bicyclic) bond motifs is 1. The Morgan fingerprint density at radius 3 is 2.52 bits per heavy atom. The summed E-state index contributed by atoms with van der Waals surface area (Å²) in [5.74, 6) is -0.127. The fourth-order valence-electron chi connectivity index (χ4n) is 3.87. The van der Waals surface area contributed by atoms with E-state index in [1.165, 1.54) is 0 Å². The first-order valence-corrected chi connectivity index (χ1v) is 9.64. The monoisotopic (exact) mass is 396 g/mol. The maximum Gasteiger partial charge on any atom is 0.265 e. The van der Waals surface area contributed by atoms with E-state index in [9.17, 15) is 14.7 Å². The molecule has 1 amide bonds. The lowest BCUT2D eigenvalue weighted by atomic mass is 9.88. The highest BCUT2D eigenvalue weighted by Crippen LogP contribution is 2.43. The molecule has 2 aliphatic heterocycles. The van der Waals surface area contributed by atoms with Crippen molar-refractivity contribution in [1.29, 1.82) is 0 Å². The van der Waals surface area contributed by atoms with Gasteiger partial charge in [0.15, 0.2) is 11.4 Å². The van der Waals surface area contributed by atoms with Crippen molar-refractivity contribution in [2.45, 2.75) is 12.0 Å². The highest BCUT2D eigenvalue weighted by atomic mass is 16.5. The molecule has 2 aliphatic rings. The normalized spacial score (nSPS) is 21.9. The van der Waals surface area contributed by atoms with Gasteiger partial charge in [-0.25, -0.2) is 0 Å². The Morgan fingerprint density at radius 1 is 1.14 bits per heavy atom. The minimum Gasteiger partial charge on any atom is -0.497 e. The van der Waals surface area contributed by atoms with Gasteiger partial charge in [-0.15, -0.1) is 0 Å². The van der Waals surface area contributed by atoms with E-state index in [1.807, 2.05) is 12.1 Å². The van der Waals surface area contributed by atoms with Gasteiger partial charge in [0, 0.05) is 24.2 Å². The van der Waals surface area contributed by atoms with Crippen molar-refractivity contribution < 1.29 is 24.2 Å². The van der Waals surface area contributed by atoms with E-state index in [4.69, 9.17) is 9.47 Å². The molecule has 29 heavy (non-hydrogen) atoms. The summed E-state index contributed by atoms with van der Waals surface area (Å²) in [6.07, 6.45) is -0.311. The number of rotatable bonds is 6. The third-order valence-electron chi connectivity index (χ3n) is 5.51. The van der Waals surface area contributed by atoms with Crippen LogP contribution in [0.1, 0.15) is 22.3 Å². The standard InChI is InChI=1S/C22H24N2O5/c1-28-17-8-6-16(7-9-17)20(25)14-22(27)18-4-2-3-5-19(18)24(21(22)26)15-23-10-12-29-13-11-23/h2-9,27H,10-15H2,1H3/t22-/m0/s1. The maximum atomic E-state index is 13.3. The zero-order chi connectivity index (χ0) is 20.4. The highest BCUT2D eigenvalue weighted by Gasteiger charge is 2.51. The van der Waals surface area contributed by atoms with Crippen molar-refractivity contribution in [3.05, 3.63) is 59.7 Å². The first kappa shape index (κ1) is 19.6. The third kappa shape index (κ3) is 3.64. The predicted octanol–water partition coefficient (Wildman–Crippen LogP) is 1.79. The second-order valence-corrected chi connectivity index (χ2v) is 7.31. The van der Waals surface area contributed by atoms with Gasteiger partial charge in [0.1, 0.15) is 5.75 Å². The number of Topliss-reactive ketones (excluding diaryl/α,β-unsaturated/α-hetero) is 1. The van der Waals surface area contributed by atoms with Crippen LogP contribution in [0, 0.1) is 0 Å². The molecule has 2 aromatic carbocycles. The van der Waals surface area contributed by atoms with E-state index in [-0.39, 0.29) is 12.2 Å². The fraction of sp³-hybridized carbons (Fsp3) is 0.364. The Hall–Kier alpha value is -2.74. The average Bonchev–Trinajstić information content (AvgIpc) is 2.96. The van der Waals surface area contributed by atoms with Gasteiger partial charge in [-0.3, -0.25) is 19.4 Å². The molecule has 0 bridgehead atoms. The summed E-state index contributed by atoms with van der Waals surface area (Å²) in [6, 6.07) is 13.8. The van der Waals surface area contributed by atoms with Crippen LogP contribution in [0.3, 0.4) is 0 Å². The van der Waals surface area contributed by atoms with Gasteiger partial charge >= 0.3 is 0 Å². The second kappa shape index (κ2) is 7.94. The smallest absolute Gasteiger partial charge is 0.265 e. The van der Waals surface area contributed by atoms with E-state index in [1.54, 1.807) is 48.4 Å². The molecule has 0 aromatic heterocycles. The van der Waals surface area contributed by atoms with Crippen LogP contribution >= 0.6 is 0 Å². The van der Waals surface area contributed by atoms with Crippen LogP contribution in [0.15, 0.2) is 48.5 Å². The summed E-state index contributed by atoms with van der Waals surface area (Å²) in [5.41, 5.74) is -0.329. The first-order chi connectivity index (χ1) is 14.0. The van der Waals surface area contributed by atoms with E-state index in [2.05, 4.69) is 4.90 Å². The Labute approximate surface area is 169 Å². The molecule has 1 N–H and O–H groups in total. The van der Waals surface area contributed by atoms with Crippen LogP contribution in [0.2, 0.25) is 0 Å². The molecule has 7 nitrogen and oxygen atoms in total. The topological polar surface area (TPSA) is 79.3 Å². The van der Waals surface area contributed by atoms with Gasteiger partial charge in [0.05, 0.1) is 39.1 Å². The van der Waals surface area contributed by atoms with Crippen molar-refractivity contribution >= 4 is 17.4 Å². The van der Waals surface area contributed by atoms with Crippen LogP contribution in [0.5, 0.6) is 5.75 Å². The molecule has 7 heteroatoms. The van der Waals surface area contributed by atoms with Gasteiger partial charge in [0.25, 0.3) is 5.91 Å². The van der Waals surface area contributed by atoms with Crippen LogP contribution in [-0.4, -0.2) is 61.8 Å². The minimum absolute atomic E-state index is 0.300. The molecular weight excluding hydrogens is 372 g/mol. The van der Waals surface area contributed by atoms with Gasteiger partial charge in [0.2, 0.25) is 0 Å². The Balaban J connectivity index is 1.59. The molecule has 0 saturated carbocycles. The number of ketones is 1. The summed E-state index contributed by atoms with van der Waals surface area (Å²) >= 11 is 0. The maximum absolute atomic E-state index is 13.3. The predicted molar refractivity (Wildman–Crippen MR) is 107 cm³/mol. The summed E-state index contributed by atoms with van der Waals surface area (Å²) in [4.78, 5) is 29.8. The number of carbonyl (C=O) groups excluding carboxylic acids is 2. The van der Waals surface area contributed by atoms with Gasteiger partial charge < -0.3 is 14.6 Å². The van der Waals surface area contributed by atoms with Gasteiger partial charge in [-0.2, -0.15) is 0 Å². The molecule has 1 saturated heterocycles. The molecule has 4 rings (SSSR count). The Morgan fingerprint density at radius 2 is 1.83 bits per heavy atom. The van der Waals surface area contributed by atoms with Crippen molar-refractivity contribution in [3.8, 4) is 5.75 Å². The number of hydrogen-bond donors (Lipinski definition) is 1. The van der Waals surface area contributed by atoms with E-state index >= 15 is 0 Å². The molecule has 2 aromatic rings. The van der Waals surface area contributed by atoms with Crippen molar-refractivity contribution in [1.82, 2.24) is 4.90 Å². The lowest BCUT2D eigenvalue weighted by molar-refractivity contribution is -0.136. The molecule has 152 valence electrons. The van der Waals surface area contributed by atoms with Crippen molar-refractivity contribution in [3.63, 3.8) is 0 Å². The third-order valence-corrected chi connectivity index (χ3v) is 5.51. The molecule has 0 radical (unpaired) electrons. The summed E-state index contributed by atoms with van der Waals surface area (Å²) in [7, 11) is 1.55. The number of methoxy groups -OCH3 is 1. The lowest BCUT2D eigenvalue weighted by Gasteiger charge is -2.31. The number of ether oxygens (including phenoxy) is 2. The average molecular weight is 396 g/mol. The van der Waals surface area contributed by atoms with Crippen molar-refractivity contribution in [2.75, 3.05) is 45.0 Å². The second-order valence-electron chi connectivity index (χ2n) is 7.31. The number of carbonyl (C=O) groups is 2. The number of amides is 1. The SMILES string of the molecule is COc1ccc(C(=O)C[C@@]2(O)C(=O)N(CN3CCOCC3)c3ccccc32)cc1. The molecular formula is C22H24N2O5. The van der Waals surface area contributed by atoms with E-state index in [0.29, 0.717) is 42.4 Å².